The predicted octanol–water partition coefficient (Wildman–Crippen LogP) is -0.929. The van der Waals surface area contributed by atoms with E-state index in [0.29, 0.717) is 0 Å². The third kappa shape index (κ3) is 63.6. The van der Waals surface area contributed by atoms with Crippen molar-refractivity contribution in [2.45, 2.75) is 0 Å². The van der Waals surface area contributed by atoms with Crippen molar-refractivity contribution in [1.29, 1.82) is 0 Å². The molecule has 1 radical (unpaired) electrons. The molecular formula is H3O4PPa. The molecule has 0 spiro atoms. The Morgan fingerprint density at radius 3 is 1.17 bits per heavy atom. The van der Waals surface area contributed by atoms with Crippen molar-refractivity contribution in [3.8, 4) is 0 Å². The van der Waals surface area contributed by atoms with Crippen LogP contribution in [0.25, 0.3) is 0 Å². The van der Waals surface area contributed by atoms with E-state index in [1.165, 1.54) is 0 Å². The Hall–Kier alpha value is 1.20. The van der Waals surface area contributed by atoms with Crippen LogP contribution in [0.2, 0.25) is 0 Å². The second-order valence-corrected chi connectivity index (χ2v) is 1.54. The van der Waals surface area contributed by atoms with Gasteiger partial charge in [-0.25, -0.2) is 4.57 Å². The first-order chi connectivity index (χ1) is 2.00. The van der Waals surface area contributed by atoms with Gasteiger partial charge in [-0.3, -0.25) is 0 Å². The molecule has 0 aromatic carbocycles. The van der Waals surface area contributed by atoms with E-state index in [-0.39, 0.29) is 32.3 Å². The molecule has 0 unspecified atom stereocenters. The van der Waals surface area contributed by atoms with Crippen LogP contribution in [0.15, 0.2) is 0 Å². The predicted molar refractivity (Wildman–Crippen MR) is 14.3 cm³/mol. The van der Waals surface area contributed by atoms with E-state index in [1.807, 2.05) is 0 Å². The first-order valence-electron chi connectivity index (χ1n) is 0.783. The van der Waals surface area contributed by atoms with Gasteiger partial charge in [-0.15, -0.1) is 0 Å². The fourth-order valence-electron chi connectivity index (χ4n) is 0. The van der Waals surface area contributed by atoms with Crippen LogP contribution in [0.3, 0.4) is 0 Å². The third-order valence-electron chi connectivity index (χ3n) is 0. The molecule has 4 nitrogen and oxygen atoms in total. The minimum Gasteiger partial charge on any atom is -0.303 e. The molecule has 3 N–H and O–H groups in total. The fourth-order valence-corrected chi connectivity index (χ4v) is 0. The number of hydrogen-bond donors (Lipinski definition) is 3. The molecule has 0 bridgehead atoms. The van der Waals surface area contributed by atoms with E-state index >= 15 is 0 Å². The maximum atomic E-state index is 8.88. The van der Waals surface area contributed by atoms with Crippen LogP contribution in [-0.2, 0) is 4.57 Å². The van der Waals surface area contributed by atoms with Crippen LogP contribution in [-0.4, -0.2) is 14.7 Å². The molecule has 0 aromatic rings. The van der Waals surface area contributed by atoms with Crippen LogP contribution in [0.4, 0.5) is 0 Å². The molecule has 0 saturated heterocycles. The Morgan fingerprint density at radius 1 is 1.17 bits per heavy atom. The summed E-state index contributed by atoms with van der Waals surface area (Å²) >= 11 is 0. The molecule has 0 atom stereocenters. The smallest absolute Gasteiger partial charge is 0.303 e. The van der Waals surface area contributed by atoms with E-state index in [9.17, 15) is 0 Å². The monoisotopic (exact) mass is 329 g/mol. The van der Waals surface area contributed by atoms with Crippen molar-refractivity contribution in [2.24, 2.45) is 0 Å². The van der Waals surface area contributed by atoms with Gasteiger partial charge in [-0.1, -0.05) is 0 Å². The summed E-state index contributed by atoms with van der Waals surface area (Å²) in [7, 11) is -4.64. The average molecular weight is 329 g/mol. The zero-order valence-corrected chi connectivity index (χ0v) is 8.48. The molecule has 0 rings (SSSR count). The van der Waals surface area contributed by atoms with Crippen molar-refractivity contribution >= 4 is 7.82 Å². The van der Waals surface area contributed by atoms with Gasteiger partial charge in [-0.05, 0) is 0 Å². The van der Waals surface area contributed by atoms with Crippen LogP contribution in [0.1, 0.15) is 0 Å². The first kappa shape index (κ1) is 10.2. The molecule has 0 saturated carbocycles. The molecular weight excluding hydrogens is 326 g/mol. The van der Waals surface area contributed by atoms with Crippen LogP contribution in [0, 0.1) is 32.3 Å². The van der Waals surface area contributed by atoms with Gasteiger partial charge in [0.25, 0.3) is 0 Å². The SMILES string of the molecule is O=P(O)(O)O.[Pa]. The van der Waals surface area contributed by atoms with E-state index < -0.39 is 7.82 Å². The Balaban J connectivity index is 0. The van der Waals surface area contributed by atoms with Gasteiger partial charge in [0.1, 0.15) is 0 Å². The van der Waals surface area contributed by atoms with Crippen LogP contribution < -0.4 is 0 Å². The summed E-state index contributed by atoms with van der Waals surface area (Å²) in [6.45, 7) is 0. The summed E-state index contributed by atoms with van der Waals surface area (Å²) in [5.41, 5.74) is 0. The second-order valence-electron chi connectivity index (χ2n) is 0.513. The van der Waals surface area contributed by atoms with Crippen molar-refractivity contribution in [1.82, 2.24) is 0 Å². The maximum absolute atomic E-state index is 8.88. The normalized spacial score (nSPS) is 9.83. The van der Waals surface area contributed by atoms with Gasteiger partial charge >= 0.3 is 7.82 Å². The molecule has 0 heterocycles. The van der Waals surface area contributed by atoms with Crippen molar-refractivity contribution < 1.29 is 51.6 Å². The Morgan fingerprint density at radius 2 is 1.17 bits per heavy atom. The van der Waals surface area contributed by atoms with Gasteiger partial charge < -0.3 is 14.7 Å². The molecule has 0 aliphatic rings. The summed E-state index contributed by atoms with van der Waals surface area (Å²) < 4.78 is 8.88. The van der Waals surface area contributed by atoms with E-state index in [1.54, 1.807) is 0 Å². The van der Waals surface area contributed by atoms with Crippen LogP contribution in [0.5, 0.6) is 0 Å². The van der Waals surface area contributed by atoms with Gasteiger partial charge in [0, 0.05) is 32.3 Å². The number of rotatable bonds is 0. The summed E-state index contributed by atoms with van der Waals surface area (Å²) in [5.74, 6) is 0. The van der Waals surface area contributed by atoms with Gasteiger partial charge in [-0.2, -0.15) is 0 Å². The largest absolute Gasteiger partial charge is 0.466 e. The van der Waals surface area contributed by atoms with E-state index in [4.69, 9.17) is 19.2 Å². The zero-order valence-electron chi connectivity index (χ0n) is 2.77. The first-order valence-corrected chi connectivity index (χ1v) is 2.35. The Labute approximate surface area is 59.3 Å². The zero-order chi connectivity index (χ0) is 4.50. The van der Waals surface area contributed by atoms with Crippen molar-refractivity contribution in [2.75, 3.05) is 0 Å². The molecule has 6 heavy (non-hydrogen) atoms. The van der Waals surface area contributed by atoms with Crippen molar-refractivity contribution in [3.63, 3.8) is 0 Å². The fraction of sp³-hybridized carbons (Fsp3) is 0. The van der Waals surface area contributed by atoms with E-state index in [2.05, 4.69) is 0 Å². The number of phosphoric acid groups is 1. The van der Waals surface area contributed by atoms with Gasteiger partial charge in [0.05, 0.1) is 0 Å². The molecule has 0 aliphatic heterocycles. The van der Waals surface area contributed by atoms with Gasteiger partial charge in [0.2, 0.25) is 0 Å². The molecule has 0 amide bonds. The molecule has 0 aromatic heterocycles. The average Bonchev–Trinajstić information content (AvgIpc) is 0.722. The van der Waals surface area contributed by atoms with Gasteiger partial charge in [0.15, 0.2) is 0 Å². The molecule has 0 fully saturated rings. The third-order valence-corrected chi connectivity index (χ3v) is 0. The summed E-state index contributed by atoms with van der Waals surface area (Å²) in [6, 6.07) is 0. The Bertz CT molecular complexity index is 53.7. The standard InChI is InChI=1S/H3O4P.Pa/c1-5(2,3)4;/h(H3,1,2,3,4);. The maximum Gasteiger partial charge on any atom is 0.466 e. The van der Waals surface area contributed by atoms with Crippen LogP contribution >= 0.6 is 7.82 Å². The summed E-state index contributed by atoms with van der Waals surface area (Å²) in [5, 5.41) is 0. The molecule has 0 aliphatic carbocycles. The number of hydrogen-bond acceptors (Lipinski definition) is 1. The minimum atomic E-state index is -4.64. The molecule has 35 valence electrons. The topological polar surface area (TPSA) is 77.8 Å². The minimum absolute atomic E-state index is 0. The summed E-state index contributed by atoms with van der Waals surface area (Å²) in [4.78, 5) is 21.6. The van der Waals surface area contributed by atoms with E-state index in [0.717, 1.165) is 0 Å². The second kappa shape index (κ2) is 3.23. The Kier molecular flexibility index (Phi) is 5.52. The summed E-state index contributed by atoms with van der Waals surface area (Å²) in [6.07, 6.45) is 0. The van der Waals surface area contributed by atoms with Crippen molar-refractivity contribution in [3.05, 3.63) is 0 Å². The molecule has 6 heteroatoms. The quantitative estimate of drug-likeness (QED) is 0.502.